The molecule has 2 N–H and O–H groups in total. The fourth-order valence-electron chi connectivity index (χ4n) is 2.05. The molecule has 0 radical (unpaired) electrons. The number of carbonyl (C=O) groups is 1. The van der Waals surface area contributed by atoms with Crippen LogP contribution in [0.3, 0.4) is 0 Å². The van der Waals surface area contributed by atoms with Crippen molar-refractivity contribution in [3.05, 3.63) is 0 Å². The lowest BCUT2D eigenvalue weighted by molar-refractivity contribution is -0.137. The maximum Gasteiger partial charge on any atom is 0.303 e. The Bertz CT molecular complexity index is 230. The summed E-state index contributed by atoms with van der Waals surface area (Å²) in [6.45, 7) is 8.96. The highest BCUT2D eigenvalue weighted by Gasteiger charge is 2.09. The van der Waals surface area contributed by atoms with Crippen molar-refractivity contribution in [2.45, 2.75) is 26.2 Å². The monoisotopic (exact) mass is 258 g/mol. The van der Waals surface area contributed by atoms with Gasteiger partial charge >= 0.3 is 5.97 Å². The van der Waals surface area contributed by atoms with Crippen LogP contribution >= 0.6 is 0 Å². The number of ether oxygens (including phenoxy) is 1. The van der Waals surface area contributed by atoms with Crippen LogP contribution in [0.1, 0.15) is 26.2 Å². The average Bonchev–Trinajstić information content (AvgIpc) is 2.37. The summed E-state index contributed by atoms with van der Waals surface area (Å²) in [6.07, 6.45) is 2.12. The van der Waals surface area contributed by atoms with E-state index in [4.69, 9.17) is 9.84 Å². The molecule has 1 aliphatic rings. The zero-order chi connectivity index (χ0) is 13.2. The van der Waals surface area contributed by atoms with Gasteiger partial charge in [0.25, 0.3) is 0 Å². The van der Waals surface area contributed by atoms with E-state index in [9.17, 15) is 4.79 Å². The molecule has 1 atom stereocenters. The number of aliphatic carboxylic acids is 1. The Kier molecular flexibility index (Phi) is 7.96. The van der Waals surface area contributed by atoms with E-state index in [1.807, 2.05) is 0 Å². The number of rotatable bonds is 9. The quantitative estimate of drug-likeness (QED) is 0.599. The Hall–Kier alpha value is -0.650. The molecule has 0 aromatic heterocycles. The fraction of sp³-hybridized carbons (Fsp3) is 0.923. The molecule has 0 spiro atoms. The summed E-state index contributed by atoms with van der Waals surface area (Å²) >= 11 is 0. The second-order valence-corrected chi connectivity index (χ2v) is 5.03. The van der Waals surface area contributed by atoms with Crippen LogP contribution in [0, 0.1) is 5.92 Å². The normalized spacial score (nSPS) is 18.7. The van der Waals surface area contributed by atoms with Gasteiger partial charge in [0.15, 0.2) is 0 Å². The molecule has 0 bridgehead atoms. The SMILES string of the molecule is CC(CCNCCN1CCOCC1)CCC(=O)O. The van der Waals surface area contributed by atoms with Crippen molar-refractivity contribution in [3.8, 4) is 0 Å². The Morgan fingerprint density at radius 1 is 1.33 bits per heavy atom. The van der Waals surface area contributed by atoms with Crippen molar-refractivity contribution in [2.75, 3.05) is 45.9 Å². The number of carboxylic acid groups (broad SMARTS) is 1. The molecule has 18 heavy (non-hydrogen) atoms. The van der Waals surface area contributed by atoms with E-state index in [0.29, 0.717) is 5.92 Å². The van der Waals surface area contributed by atoms with Gasteiger partial charge < -0.3 is 15.2 Å². The van der Waals surface area contributed by atoms with Crippen LogP contribution in [-0.2, 0) is 9.53 Å². The second kappa shape index (κ2) is 9.30. The minimum absolute atomic E-state index is 0.287. The molecule has 0 amide bonds. The first-order valence-corrected chi connectivity index (χ1v) is 6.91. The third-order valence-corrected chi connectivity index (χ3v) is 3.37. The topological polar surface area (TPSA) is 61.8 Å². The Morgan fingerprint density at radius 3 is 2.72 bits per heavy atom. The molecule has 1 heterocycles. The van der Waals surface area contributed by atoms with Crippen LogP contribution in [0.5, 0.6) is 0 Å². The summed E-state index contributed by atoms with van der Waals surface area (Å²) in [5.41, 5.74) is 0. The summed E-state index contributed by atoms with van der Waals surface area (Å²) in [6, 6.07) is 0. The number of nitrogens with one attached hydrogen (secondary N) is 1. The lowest BCUT2D eigenvalue weighted by atomic mass is 10.0. The zero-order valence-electron chi connectivity index (χ0n) is 11.4. The van der Waals surface area contributed by atoms with Crippen molar-refractivity contribution in [1.82, 2.24) is 10.2 Å². The number of morpholine rings is 1. The standard InChI is InChI=1S/C13H26N2O3/c1-12(2-3-13(16)17)4-5-14-6-7-15-8-10-18-11-9-15/h12,14H,2-11H2,1H3,(H,16,17). The smallest absolute Gasteiger partial charge is 0.303 e. The van der Waals surface area contributed by atoms with Gasteiger partial charge in [-0.25, -0.2) is 0 Å². The molecule has 1 unspecified atom stereocenters. The molecule has 0 aliphatic carbocycles. The van der Waals surface area contributed by atoms with E-state index in [1.54, 1.807) is 0 Å². The van der Waals surface area contributed by atoms with Gasteiger partial charge in [-0.3, -0.25) is 9.69 Å². The molecule has 1 rings (SSSR count). The van der Waals surface area contributed by atoms with Crippen LogP contribution < -0.4 is 5.32 Å². The summed E-state index contributed by atoms with van der Waals surface area (Å²) in [5.74, 6) is -0.209. The van der Waals surface area contributed by atoms with Gasteiger partial charge in [-0.15, -0.1) is 0 Å². The molecule has 106 valence electrons. The molecule has 1 fully saturated rings. The number of hydrogen-bond donors (Lipinski definition) is 2. The summed E-state index contributed by atoms with van der Waals surface area (Å²) in [4.78, 5) is 12.8. The third-order valence-electron chi connectivity index (χ3n) is 3.37. The van der Waals surface area contributed by atoms with Crippen LogP contribution in [0.2, 0.25) is 0 Å². The Labute approximate surface area is 109 Å². The van der Waals surface area contributed by atoms with E-state index in [0.717, 1.165) is 58.8 Å². The highest BCUT2D eigenvalue weighted by Crippen LogP contribution is 2.08. The van der Waals surface area contributed by atoms with Gasteiger partial charge in [0.1, 0.15) is 0 Å². The predicted molar refractivity (Wildman–Crippen MR) is 70.8 cm³/mol. The molecule has 0 saturated carbocycles. The highest BCUT2D eigenvalue weighted by atomic mass is 16.5. The van der Waals surface area contributed by atoms with Crippen LogP contribution in [-0.4, -0.2) is 61.9 Å². The van der Waals surface area contributed by atoms with E-state index in [-0.39, 0.29) is 6.42 Å². The summed E-state index contributed by atoms with van der Waals surface area (Å²) < 4.78 is 5.29. The molecule has 1 aliphatic heterocycles. The number of carboxylic acids is 1. The van der Waals surface area contributed by atoms with E-state index in [2.05, 4.69) is 17.1 Å². The summed E-state index contributed by atoms with van der Waals surface area (Å²) in [5, 5.41) is 12.0. The van der Waals surface area contributed by atoms with Crippen LogP contribution in [0.4, 0.5) is 0 Å². The molecule has 5 nitrogen and oxygen atoms in total. The van der Waals surface area contributed by atoms with Gasteiger partial charge in [0.2, 0.25) is 0 Å². The predicted octanol–water partition coefficient (Wildman–Crippen LogP) is 0.799. The minimum atomic E-state index is -0.692. The van der Waals surface area contributed by atoms with E-state index in [1.165, 1.54) is 0 Å². The van der Waals surface area contributed by atoms with Gasteiger partial charge in [-0.05, 0) is 25.3 Å². The maximum absolute atomic E-state index is 10.4. The molecule has 1 saturated heterocycles. The largest absolute Gasteiger partial charge is 0.481 e. The lowest BCUT2D eigenvalue weighted by Gasteiger charge is -2.26. The van der Waals surface area contributed by atoms with Gasteiger partial charge in [-0.2, -0.15) is 0 Å². The van der Waals surface area contributed by atoms with Gasteiger partial charge in [0, 0.05) is 32.6 Å². The number of nitrogens with zero attached hydrogens (tertiary/aromatic N) is 1. The van der Waals surface area contributed by atoms with Crippen molar-refractivity contribution in [1.29, 1.82) is 0 Å². The van der Waals surface area contributed by atoms with E-state index < -0.39 is 5.97 Å². The summed E-state index contributed by atoms with van der Waals surface area (Å²) in [7, 11) is 0. The molecule has 0 aromatic carbocycles. The second-order valence-electron chi connectivity index (χ2n) is 5.03. The van der Waals surface area contributed by atoms with Crippen molar-refractivity contribution in [3.63, 3.8) is 0 Å². The lowest BCUT2D eigenvalue weighted by Crippen LogP contribution is -2.40. The van der Waals surface area contributed by atoms with Crippen molar-refractivity contribution >= 4 is 5.97 Å². The zero-order valence-corrected chi connectivity index (χ0v) is 11.4. The Morgan fingerprint density at radius 2 is 2.06 bits per heavy atom. The Balaban J connectivity index is 1.89. The van der Waals surface area contributed by atoms with Gasteiger partial charge in [0.05, 0.1) is 13.2 Å². The molecular formula is C13H26N2O3. The maximum atomic E-state index is 10.4. The van der Waals surface area contributed by atoms with Crippen LogP contribution in [0.15, 0.2) is 0 Å². The highest BCUT2D eigenvalue weighted by molar-refractivity contribution is 5.66. The molecule has 5 heteroatoms. The third kappa shape index (κ3) is 7.63. The first-order valence-electron chi connectivity index (χ1n) is 6.91. The van der Waals surface area contributed by atoms with Gasteiger partial charge in [-0.1, -0.05) is 6.92 Å². The first kappa shape index (κ1) is 15.4. The number of hydrogen-bond acceptors (Lipinski definition) is 4. The molecule has 0 aromatic rings. The van der Waals surface area contributed by atoms with Crippen molar-refractivity contribution in [2.24, 2.45) is 5.92 Å². The van der Waals surface area contributed by atoms with Crippen LogP contribution in [0.25, 0.3) is 0 Å². The fourth-order valence-corrected chi connectivity index (χ4v) is 2.05. The average molecular weight is 258 g/mol. The minimum Gasteiger partial charge on any atom is -0.481 e. The molecular weight excluding hydrogens is 232 g/mol. The first-order chi connectivity index (χ1) is 8.68. The van der Waals surface area contributed by atoms with E-state index >= 15 is 0 Å². The van der Waals surface area contributed by atoms with Crippen molar-refractivity contribution < 1.29 is 14.6 Å².